The van der Waals surface area contributed by atoms with Gasteiger partial charge in [-0.05, 0) is 62.4 Å². The zero-order valence-corrected chi connectivity index (χ0v) is 23.3. The molecule has 10 heteroatoms. The van der Waals surface area contributed by atoms with Gasteiger partial charge in [0.15, 0.2) is 5.16 Å². The molecular formula is C29H27N5O3S2. The van der Waals surface area contributed by atoms with Crippen molar-refractivity contribution in [3.8, 4) is 11.4 Å². The number of aromatic nitrogens is 4. The van der Waals surface area contributed by atoms with Gasteiger partial charge in [0, 0.05) is 11.9 Å². The molecule has 1 amide bonds. The highest BCUT2D eigenvalue weighted by molar-refractivity contribution is 7.99. The monoisotopic (exact) mass is 557 g/mol. The Bertz CT molecular complexity index is 1820. The lowest BCUT2D eigenvalue weighted by atomic mass is 9.98. The van der Waals surface area contributed by atoms with Crippen LogP contribution in [0.15, 0.2) is 75.4 Å². The Morgan fingerprint density at radius 1 is 0.974 bits per heavy atom. The van der Waals surface area contributed by atoms with Gasteiger partial charge in [-0.2, -0.15) is 0 Å². The lowest BCUT2D eigenvalue weighted by Crippen LogP contribution is -2.24. The largest absolute Gasteiger partial charge is 0.319 e. The maximum atomic E-state index is 13.7. The maximum Gasteiger partial charge on any atom is 0.295 e. The molecule has 1 aliphatic rings. The smallest absolute Gasteiger partial charge is 0.295 e. The number of benzene rings is 2. The fourth-order valence-electron chi connectivity index (χ4n) is 5.07. The maximum absolute atomic E-state index is 13.7. The van der Waals surface area contributed by atoms with E-state index in [9.17, 15) is 14.4 Å². The molecule has 0 saturated heterocycles. The molecule has 1 aliphatic carbocycles. The van der Waals surface area contributed by atoms with Crippen molar-refractivity contribution in [1.82, 2.24) is 18.9 Å². The van der Waals surface area contributed by atoms with E-state index in [0.29, 0.717) is 26.9 Å². The number of nitrogens with one attached hydrogen (secondary N) is 1. The summed E-state index contributed by atoms with van der Waals surface area (Å²) in [6.45, 7) is 1.80. The second-order valence-electron chi connectivity index (χ2n) is 9.53. The van der Waals surface area contributed by atoms with Gasteiger partial charge in [-0.3, -0.25) is 23.6 Å². The normalized spacial score (nSPS) is 13.0. The van der Waals surface area contributed by atoms with Gasteiger partial charge in [0.05, 0.1) is 28.3 Å². The van der Waals surface area contributed by atoms with Gasteiger partial charge in [-0.25, -0.2) is 9.67 Å². The Kier molecular flexibility index (Phi) is 6.74. The molecule has 1 N–H and O–H groups in total. The van der Waals surface area contributed by atoms with Crippen molar-refractivity contribution in [2.75, 3.05) is 11.1 Å². The summed E-state index contributed by atoms with van der Waals surface area (Å²) in [5.74, 6) is -0.344. The summed E-state index contributed by atoms with van der Waals surface area (Å²) in [6, 6.07) is 18.7. The topological polar surface area (TPSA) is 90.9 Å². The number of rotatable bonds is 6. The van der Waals surface area contributed by atoms with E-state index in [1.807, 2.05) is 60.7 Å². The molecule has 0 aliphatic heterocycles. The number of carbonyl (C=O) groups is 1. The van der Waals surface area contributed by atoms with Crippen molar-refractivity contribution in [3.63, 3.8) is 0 Å². The molecule has 0 atom stereocenters. The summed E-state index contributed by atoms with van der Waals surface area (Å²) in [7, 11) is 1.79. The summed E-state index contributed by atoms with van der Waals surface area (Å²) in [6.07, 6.45) is 4.11. The molecule has 2 aromatic carbocycles. The molecular weight excluding hydrogens is 530 g/mol. The molecule has 0 saturated carbocycles. The first-order valence-electron chi connectivity index (χ1n) is 12.8. The Morgan fingerprint density at radius 3 is 2.36 bits per heavy atom. The SMILES string of the molecule is Cc1c(NC(=O)CSc2nc3c4c(sc3c(=O)n2-c2ccccc2)CCCC4)c(=O)n(-c2ccccc2)n1C. The van der Waals surface area contributed by atoms with E-state index in [2.05, 4.69) is 5.32 Å². The van der Waals surface area contributed by atoms with Crippen LogP contribution in [-0.2, 0) is 24.7 Å². The molecule has 6 rings (SSSR count). The number of carbonyl (C=O) groups excluding carboxylic acids is 1. The van der Waals surface area contributed by atoms with Crippen molar-refractivity contribution in [1.29, 1.82) is 0 Å². The summed E-state index contributed by atoms with van der Waals surface area (Å²) in [4.78, 5) is 46.3. The molecule has 0 spiro atoms. The minimum atomic E-state index is -0.340. The van der Waals surface area contributed by atoms with E-state index in [1.54, 1.807) is 34.6 Å². The summed E-state index contributed by atoms with van der Waals surface area (Å²) < 4.78 is 5.52. The van der Waals surface area contributed by atoms with E-state index in [0.717, 1.165) is 31.2 Å². The molecule has 0 bridgehead atoms. The van der Waals surface area contributed by atoms with Gasteiger partial charge < -0.3 is 5.32 Å². The fraction of sp³-hybridized carbons (Fsp3) is 0.241. The Morgan fingerprint density at radius 2 is 1.64 bits per heavy atom. The van der Waals surface area contributed by atoms with Crippen molar-refractivity contribution in [2.24, 2.45) is 7.05 Å². The minimum Gasteiger partial charge on any atom is -0.319 e. The molecule has 198 valence electrons. The van der Waals surface area contributed by atoms with Gasteiger partial charge >= 0.3 is 0 Å². The Hall–Kier alpha value is -3.89. The van der Waals surface area contributed by atoms with Crippen molar-refractivity contribution < 1.29 is 4.79 Å². The van der Waals surface area contributed by atoms with Crippen LogP contribution in [0.3, 0.4) is 0 Å². The van der Waals surface area contributed by atoms with Crippen LogP contribution in [0.1, 0.15) is 29.0 Å². The van der Waals surface area contributed by atoms with Crippen LogP contribution in [0.4, 0.5) is 5.69 Å². The van der Waals surface area contributed by atoms with Gasteiger partial charge in [-0.1, -0.05) is 48.2 Å². The summed E-state index contributed by atoms with van der Waals surface area (Å²) >= 11 is 2.75. The second kappa shape index (κ2) is 10.3. The molecule has 5 aromatic rings. The minimum absolute atomic E-state index is 0.00375. The fourth-order valence-corrected chi connectivity index (χ4v) is 7.13. The number of thioether (sulfide) groups is 1. The number of anilines is 1. The summed E-state index contributed by atoms with van der Waals surface area (Å²) in [5.41, 5.74) is 3.83. The number of thiophene rings is 1. The first kappa shape index (κ1) is 25.4. The molecule has 3 heterocycles. The first-order valence-corrected chi connectivity index (χ1v) is 14.6. The number of hydrogen-bond acceptors (Lipinski definition) is 6. The highest BCUT2D eigenvalue weighted by Gasteiger charge is 2.24. The second-order valence-corrected chi connectivity index (χ2v) is 11.6. The number of aryl methyl sites for hydroxylation is 2. The Balaban J connectivity index is 1.33. The van der Waals surface area contributed by atoms with E-state index < -0.39 is 0 Å². The predicted octanol–water partition coefficient (Wildman–Crippen LogP) is 4.85. The number of para-hydroxylation sites is 2. The van der Waals surface area contributed by atoms with Crippen LogP contribution in [0.2, 0.25) is 0 Å². The first-order chi connectivity index (χ1) is 18.9. The van der Waals surface area contributed by atoms with Gasteiger partial charge in [-0.15, -0.1) is 11.3 Å². The third kappa shape index (κ3) is 4.53. The number of amides is 1. The number of fused-ring (bicyclic) bond motifs is 3. The molecule has 8 nitrogen and oxygen atoms in total. The average Bonchev–Trinajstić information content (AvgIpc) is 3.43. The van der Waals surface area contributed by atoms with Crippen LogP contribution >= 0.6 is 23.1 Å². The van der Waals surface area contributed by atoms with Crippen LogP contribution in [-0.4, -0.2) is 30.6 Å². The van der Waals surface area contributed by atoms with Crippen LogP contribution < -0.4 is 16.4 Å². The molecule has 0 radical (unpaired) electrons. The van der Waals surface area contributed by atoms with Gasteiger partial charge in [0.1, 0.15) is 10.4 Å². The standard InChI is InChI=1S/C29H27N5O3S2/c1-18-24(27(36)34(32(18)2)20-13-7-4-8-14-20)30-23(35)17-38-29-31-25-21-15-9-10-16-22(21)39-26(25)28(37)33(29)19-11-5-3-6-12-19/h3-8,11-14H,9-10,15-17H2,1-2H3,(H,30,35). The van der Waals surface area contributed by atoms with E-state index in [1.165, 1.54) is 26.9 Å². The highest BCUT2D eigenvalue weighted by atomic mass is 32.2. The van der Waals surface area contributed by atoms with Crippen molar-refractivity contribution in [2.45, 2.75) is 37.8 Å². The third-order valence-electron chi connectivity index (χ3n) is 7.10. The van der Waals surface area contributed by atoms with E-state index in [-0.39, 0.29) is 28.5 Å². The van der Waals surface area contributed by atoms with Crippen molar-refractivity contribution >= 4 is 44.9 Å². The Labute approximate surface area is 232 Å². The number of hydrogen-bond donors (Lipinski definition) is 1. The molecule has 3 aromatic heterocycles. The zero-order chi connectivity index (χ0) is 27.1. The average molecular weight is 558 g/mol. The van der Waals surface area contributed by atoms with E-state index in [4.69, 9.17) is 4.98 Å². The lowest BCUT2D eigenvalue weighted by Gasteiger charge is -2.13. The van der Waals surface area contributed by atoms with Crippen LogP contribution in [0.5, 0.6) is 0 Å². The quantitative estimate of drug-likeness (QED) is 0.238. The molecule has 39 heavy (non-hydrogen) atoms. The van der Waals surface area contributed by atoms with E-state index >= 15 is 0 Å². The predicted molar refractivity (Wildman–Crippen MR) is 157 cm³/mol. The van der Waals surface area contributed by atoms with Crippen LogP contribution in [0, 0.1) is 6.92 Å². The van der Waals surface area contributed by atoms with Crippen molar-refractivity contribution in [3.05, 3.63) is 97.5 Å². The molecule has 0 fully saturated rings. The third-order valence-corrected chi connectivity index (χ3v) is 9.31. The van der Waals surface area contributed by atoms with Crippen LogP contribution in [0.25, 0.3) is 21.6 Å². The number of nitrogens with zero attached hydrogens (tertiary/aromatic N) is 4. The lowest BCUT2D eigenvalue weighted by molar-refractivity contribution is -0.113. The zero-order valence-electron chi connectivity index (χ0n) is 21.6. The van der Waals surface area contributed by atoms with Gasteiger partial charge in [0.2, 0.25) is 5.91 Å². The van der Waals surface area contributed by atoms with Gasteiger partial charge in [0.25, 0.3) is 11.1 Å². The summed E-state index contributed by atoms with van der Waals surface area (Å²) in [5, 5.41) is 3.27. The molecule has 0 unspecified atom stereocenters. The highest BCUT2D eigenvalue weighted by Crippen LogP contribution is 2.35.